The molecule has 1 unspecified atom stereocenters. The highest BCUT2D eigenvalue weighted by atomic mass is 32.1. The molecule has 138 valence electrons. The van der Waals surface area contributed by atoms with E-state index in [0.717, 1.165) is 18.4 Å². The second kappa shape index (κ2) is 8.87. The Kier molecular flexibility index (Phi) is 6.30. The van der Waals surface area contributed by atoms with E-state index in [9.17, 15) is 9.90 Å². The van der Waals surface area contributed by atoms with Gasteiger partial charge >= 0.3 is 6.03 Å². The Bertz CT molecular complexity index is 746. The van der Waals surface area contributed by atoms with Crippen LogP contribution in [0, 0.1) is 0 Å². The SMILES string of the molecule is C=CCN(CC1Cc2ccc(O)cc2CN1)C(=O)NCCc1ccsc1. The van der Waals surface area contributed by atoms with Gasteiger partial charge in [-0.3, -0.25) is 0 Å². The van der Waals surface area contributed by atoms with Gasteiger partial charge in [-0.05, 0) is 58.5 Å². The molecule has 2 heterocycles. The van der Waals surface area contributed by atoms with Gasteiger partial charge in [0.15, 0.2) is 0 Å². The first-order valence-corrected chi connectivity index (χ1v) is 9.79. The van der Waals surface area contributed by atoms with Gasteiger partial charge in [0.05, 0.1) is 0 Å². The van der Waals surface area contributed by atoms with Crippen molar-refractivity contribution in [1.82, 2.24) is 15.5 Å². The molecule has 1 aromatic heterocycles. The molecule has 3 N–H and O–H groups in total. The van der Waals surface area contributed by atoms with E-state index in [2.05, 4.69) is 28.7 Å². The second-order valence-corrected chi connectivity index (χ2v) is 7.32. The summed E-state index contributed by atoms with van der Waals surface area (Å²) in [7, 11) is 0. The number of phenolic OH excluding ortho intramolecular Hbond substituents is 1. The first kappa shape index (κ1) is 18.5. The minimum Gasteiger partial charge on any atom is -0.508 e. The van der Waals surface area contributed by atoms with Crippen LogP contribution in [0.1, 0.15) is 16.7 Å². The van der Waals surface area contributed by atoms with Crippen molar-refractivity contribution < 1.29 is 9.90 Å². The third-order valence-corrected chi connectivity index (χ3v) is 5.32. The number of nitrogens with zero attached hydrogens (tertiary/aromatic N) is 1. The van der Waals surface area contributed by atoms with Crippen molar-refractivity contribution in [1.29, 1.82) is 0 Å². The largest absolute Gasteiger partial charge is 0.508 e. The van der Waals surface area contributed by atoms with E-state index in [-0.39, 0.29) is 12.1 Å². The number of benzene rings is 1. The molecule has 6 heteroatoms. The zero-order chi connectivity index (χ0) is 18.4. The van der Waals surface area contributed by atoms with Crippen LogP contribution < -0.4 is 10.6 Å². The van der Waals surface area contributed by atoms with Crippen molar-refractivity contribution in [3.63, 3.8) is 0 Å². The standard InChI is InChI=1S/C20H25N3O2S/c1-2-8-23(20(25)21-7-5-15-6-9-26-14-15)13-18-10-16-3-4-19(24)11-17(16)12-22-18/h2-4,6,9,11,14,18,22,24H,1,5,7-8,10,12-13H2,(H,21,25). The smallest absolute Gasteiger partial charge is 0.317 e. The Morgan fingerprint density at radius 2 is 2.31 bits per heavy atom. The van der Waals surface area contributed by atoms with E-state index in [0.29, 0.717) is 31.9 Å². The lowest BCUT2D eigenvalue weighted by Gasteiger charge is -2.31. The number of hydrogen-bond donors (Lipinski definition) is 3. The maximum Gasteiger partial charge on any atom is 0.317 e. The highest BCUT2D eigenvalue weighted by Gasteiger charge is 2.22. The summed E-state index contributed by atoms with van der Waals surface area (Å²) in [6, 6.07) is 7.71. The zero-order valence-electron chi connectivity index (χ0n) is 14.8. The van der Waals surface area contributed by atoms with Crippen LogP contribution in [0.2, 0.25) is 0 Å². The number of aromatic hydroxyl groups is 1. The van der Waals surface area contributed by atoms with E-state index < -0.39 is 0 Å². The molecule has 0 radical (unpaired) electrons. The van der Waals surface area contributed by atoms with Gasteiger partial charge in [0.1, 0.15) is 5.75 Å². The summed E-state index contributed by atoms with van der Waals surface area (Å²) in [6.45, 7) is 6.25. The van der Waals surface area contributed by atoms with Crippen LogP contribution in [0.3, 0.4) is 0 Å². The van der Waals surface area contributed by atoms with Gasteiger partial charge in [0, 0.05) is 32.2 Å². The Labute approximate surface area is 158 Å². The number of carbonyl (C=O) groups excluding carboxylic acids is 1. The molecule has 0 saturated carbocycles. The molecule has 26 heavy (non-hydrogen) atoms. The summed E-state index contributed by atoms with van der Waals surface area (Å²) in [5.74, 6) is 0.294. The summed E-state index contributed by atoms with van der Waals surface area (Å²) in [4.78, 5) is 14.3. The number of rotatable bonds is 7. The number of nitrogens with one attached hydrogen (secondary N) is 2. The lowest BCUT2D eigenvalue weighted by atomic mass is 9.95. The molecule has 0 aliphatic carbocycles. The van der Waals surface area contributed by atoms with Gasteiger partial charge in [0.25, 0.3) is 0 Å². The van der Waals surface area contributed by atoms with E-state index >= 15 is 0 Å². The Balaban J connectivity index is 1.53. The summed E-state index contributed by atoms with van der Waals surface area (Å²) in [5.41, 5.74) is 3.60. The number of fused-ring (bicyclic) bond motifs is 1. The fraction of sp³-hybridized carbons (Fsp3) is 0.350. The van der Waals surface area contributed by atoms with Gasteiger partial charge in [-0.25, -0.2) is 4.79 Å². The van der Waals surface area contributed by atoms with E-state index in [1.807, 2.05) is 11.4 Å². The highest BCUT2D eigenvalue weighted by molar-refractivity contribution is 7.07. The molecule has 0 spiro atoms. The van der Waals surface area contributed by atoms with Crippen LogP contribution in [0.15, 0.2) is 47.7 Å². The van der Waals surface area contributed by atoms with Crippen molar-refractivity contribution in [2.24, 2.45) is 0 Å². The molecule has 1 atom stereocenters. The molecular formula is C20H25N3O2S. The van der Waals surface area contributed by atoms with Crippen LogP contribution in [0.5, 0.6) is 5.75 Å². The third kappa shape index (κ3) is 4.86. The number of carbonyl (C=O) groups is 1. The third-order valence-electron chi connectivity index (χ3n) is 4.58. The van der Waals surface area contributed by atoms with Gasteiger partial charge in [-0.15, -0.1) is 6.58 Å². The fourth-order valence-electron chi connectivity index (χ4n) is 3.22. The fourth-order valence-corrected chi connectivity index (χ4v) is 3.92. The summed E-state index contributed by atoms with van der Waals surface area (Å²) < 4.78 is 0. The Hall–Kier alpha value is -2.31. The monoisotopic (exact) mass is 371 g/mol. The minimum absolute atomic E-state index is 0.0570. The second-order valence-electron chi connectivity index (χ2n) is 6.54. The van der Waals surface area contributed by atoms with Crippen molar-refractivity contribution >= 4 is 17.4 Å². The van der Waals surface area contributed by atoms with Crippen molar-refractivity contribution in [3.05, 3.63) is 64.4 Å². The van der Waals surface area contributed by atoms with Crippen molar-refractivity contribution in [3.8, 4) is 5.75 Å². The predicted octanol–water partition coefficient (Wildman–Crippen LogP) is 2.91. The van der Waals surface area contributed by atoms with Gasteiger partial charge < -0.3 is 20.6 Å². The number of phenols is 1. The van der Waals surface area contributed by atoms with Gasteiger partial charge in [0.2, 0.25) is 0 Å². The topological polar surface area (TPSA) is 64.6 Å². The molecule has 0 bridgehead atoms. The molecule has 2 amide bonds. The number of hydrogen-bond acceptors (Lipinski definition) is 4. The average Bonchev–Trinajstić information content (AvgIpc) is 3.15. The van der Waals surface area contributed by atoms with Crippen LogP contribution in [0.25, 0.3) is 0 Å². The maximum atomic E-state index is 12.5. The zero-order valence-corrected chi connectivity index (χ0v) is 15.6. The van der Waals surface area contributed by atoms with Crippen LogP contribution >= 0.6 is 11.3 Å². The highest BCUT2D eigenvalue weighted by Crippen LogP contribution is 2.21. The molecule has 5 nitrogen and oxygen atoms in total. The average molecular weight is 372 g/mol. The first-order chi connectivity index (χ1) is 12.7. The summed E-state index contributed by atoms with van der Waals surface area (Å²) in [6.07, 6.45) is 3.44. The van der Waals surface area contributed by atoms with E-state index in [1.54, 1.807) is 34.4 Å². The van der Waals surface area contributed by atoms with Crippen LogP contribution in [-0.2, 0) is 19.4 Å². The summed E-state index contributed by atoms with van der Waals surface area (Å²) >= 11 is 1.67. The van der Waals surface area contributed by atoms with Crippen LogP contribution in [-0.4, -0.2) is 41.7 Å². The predicted molar refractivity (Wildman–Crippen MR) is 106 cm³/mol. The normalized spacial score (nSPS) is 15.9. The van der Waals surface area contributed by atoms with E-state index in [1.165, 1.54) is 11.1 Å². The molecular weight excluding hydrogens is 346 g/mol. The lowest BCUT2D eigenvalue weighted by molar-refractivity contribution is 0.196. The van der Waals surface area contributed by atoms with Crippen molar-refractivity contribution in [2.45, 2.75) is 25.4 Å². The Morgan fingerprint density at radius 1 is 1.42 bits per heavy atom. The molecule has 0 saturated heterocycles. The number of urea groups is 1. The quantitative estimate of drug-likeness (QED) is 0.656. The van der Waals surface area contributed by atoms with Gasteiger partial charge in [-0.2, -0.15) is 11.3 Å². The van der Waals surface area contributed by atoms with Crippen molar-refractivity contribution in [2.75, 3.05) is 19.6 Å². The maximum absolute atomic E-state index is 12.5. The molecule has 0 fully saturated rings. The lowest BCUT2D eigenvalue weighted by Crippen LogP contribution is -2.49. The molecule has 2 aromatic rings. The molecule has 1 aromatic carbocycles. The van der Waals surface area contributed by atoms with Crippen LogP contribution in [0.4, 0.5) is 4.79 Å². The van der Waals surface area contributed by atoms with E-state index in [4.69, 9.17) is 0 Å². The Morgan fingerprint density at radius 3 is 3.08 bits per heavy atom. The number of amides is 2. The minimum atomic E-state index is -0.0570. The van der Waals surface area contributed by atoms with Gasteiger partial charge in [-0.1, -0.05) is 12.1 Å². The molecule has 1 aliphatic heterocycles. The number of thiophene rings is 1. The molecule has 3 rings (SSSR count). The first-order valence-electron chi connectivity index (χ1n) is 8.84. The molecule has 1 aliphatic rings. The summed E-state index contributed by atoms with van der Waals surface area (Å²) in [5, 5.41) is 20.2.